The van der Waals surface area contributed by atoms with Crippen molar-refractivity contribution in [3.8, 4) is 0 Å². The maximum atomic E-state index is 12.8. The number of sulfone groups is 1. The number of carbonyl (C=O) groups is 1. The Morgan fingerprint density at radius 1 is 1.32 bits per heavy atom. The molecule has 1 aliphatic rings. The molecule has 1 fully saturated rings. The molecule has 22 heavy (non-hydrogen) atoms. The van der Waals surface area contributed by atoms with Crippen molar-refractivity contribution in [3.05, 3.63) is 44.3 Å². The molecular weight excluding hydrogens is 338 g/mol. The quantitative estimate of drug-likeness (QED) is 0.847. The Morgan fingerprint density at radius 2 is 2.14 bits per heavy atom. The Balaban J connectivity index is 1.88. The molecular formula is C15H17NO3S3. The monoisotopic (exact) mass is 355 g/mol. The van der Waals surface area contributed by atoms with Gasteiger partial charge in [0.25, 0.3) is 5.91 Å². The highest BCUT2D eigenvalue weighted by molar-refractivity contribution is 7.91. The molecule has 2 aromatic heterocycles. The first-order valence-electron chi connectivity index (χ1n) is 7.04. The number of amides is 1. The van der Waals surface area contributed by atoms with E-state index in [2.05, 4.69) is 0 Å². The molecule has 0 radical (unpaired) electrons. The summed E-state index contributed by atoms with van der Waals surface area (Å²) < 4.78 is 23.6. The fraction of sp³-hybridized carbons (Fsp3) is 0.400. The predicted molar refractivity (Wildman–Crippen MR) is 90.3 cm³/mol. The van der Waals surface area contributed by atoms with E-state index in [9.17, 15) is 13.2 Å². The van der Waals surface area contributed by atoms with Gasteiger partial charge in [0, 0.05) is 10.9 Å². The van der Waals surface area contributed by atoms with Crippen LogP contribution >= 0.6 is 22.7 Å². The molecule has 0 N–H and O–H groups in total. The molecule has 3 rings (SSSR count). The van der Waals surface area contributed by atoms with Crippen molar-refractivity contribution in [2.45, 2.75) is 25.9 Å². The fourth-order valence-corrected chi connectivity index (χ4v) is 5.96. The Hall–Kier alpha value is -1.18. The molecule has 0 saturated carbocycles. The number of hydrogen-bond donors (Lipinski definition) is 0. The molecule has 1 saturated heterocycles. The zero-order chi connectivity index (χ0) is 15.7. The Bertz CT molecular complexity index is 762. The van der Waals surface area contributed by atoms with Gasteiger partial charge in [0.15, 0.2) is 9.84 Å². The van der Waals surface area contributed by atoms with Crippen molar-refractivity contribution in [2.75, 3.05) is 11.5 Å². The van der Waals surface area contributed by atoms with Crippen molar-refractivity contribution < 1.29 is 13.2 Å². The van der Waals surface area contributed by atoms with E-state index in [1.165, 1.54) is 11.3 Å². The smallest absolute Gasteiger partial charge is 0.264 e. The van der Waals surface area contributed by atoms with Crippen LogP contribution in [0, 0.1) is 6.92 Å². The number of thiophene rings is 2. The second-order valence-electron chi connectivity index (χ2n) is 5.49. The lowest BCUT2D eigenvalue weighted by molar-refractivity contribution is 0.0688. The second kappa shape index (κ2) is 6.14. The number of nitrogens with zero attached hydrogens (tertiary/aromatic N) is 1. The zero-order valence-electron chi connectivity index (χ0n) is 12.2. The SMILES string of the molecule is Cc1ccsc1CN(C(=O)c1cccs1)[C@@H]1CCS(=O)(=O)C1. The van der Waals surface area contributed by atoms with Crippen molar-refractivity contribution in [3.63, 3.8) is 0 Å². The Morgan fingerprint density at radius 3 is 2.68 bits per heavy atom. The third-order valence-corrected chi connectivity index (χ3v) is 7.54. The van der Waals surface area contributed by atoms with Crippen molar-refractivity contribution >= 4 is 38.4 Å². The van der Waals surface area contributed by atoms with Crippen LogP contribution in [0.25, 0.3) is 0 Å². The second-order valence-corrected chi connectivity index (χ2v) is 9.67. The van der Waals surface area contributed by atoms with Crippen LogP contribution in [0.15, 0.2) is 29.0 Å². The summed E-state index contributed by atoms with van der Waals surface area (Å²) in [6, 6.07) is 5.45. The normalized spacial score (nSPS) is 20.1. The minimum absolute atomic E-state index is 0.0649. The Labute approximate surface area is 138 Å². The van der Waals surface area contributed by atoms with Gasteiger partial charge in [-0.15, -0.1) is 22.7 Å². The van der Waals surface area contributed by atoms with Crippen LogP contribution in [0.3, 0.4) is 0 Å². The van der Waals surface area contributed by atoms with E-state index in [0.717, 1.165) is 10.4 Å². The summed E-state index contributed by atoms with van der Waals surface area (Å²) in [5.41, 5.74) is 1.15. The van der Waals surface area contributed by atoms with Gasteiger partial charge in [-0.1, -0.05) is 6.07 Å². The lowest BCUT2D eigenvalue weighted by atomic mass is 10.2. The van der Waals surface area contributed by atoms with Crippen LogP contribution in [-0.4, -0.2) is 36.8 Å². The summed E-state index contributed by atoms with van der Waals surface area (Å²) in [6.07, 6.45) is 0.532. The molecule has 0 aromatic carbocycles. The molecule has 1 amide bonds. The molecule has 3 heterocycles. The van der Waals surface area contributed by atoms with Crippen LogP contribution in [-0.2, 0) is 16.4 Å². The number of aryl methyl sites for hydroxylation is 1. The largest absolute Gasteiger partial charge is 0.329 e. The predicted octanol–water partition coefficient (Wildman–Crippen LogP) is 2.95. The Kier molecular flexibility index (Phi) is 4.38. The van der Waals surface area contributed by atoms with Crippen LogP contribution in [0.1, 0.15) is 26.5 Å². The molecule has 0 spiro atoms. The highest BCUT2D eigenvalue weighted by Crippen LogP contribution is 2.26. The first-order chi connectivity index (χ1) is 10.5. The minimum atomic E-state index is -3.02. The maximum Gasteiger partial charge on any atom is 0.264 e. The summed E-state index contributed by atoms with van der Waals surface area (Å²) in [6.45, 7) is 2.51. The summed E-state index contributed by atoms with van der Waals surface area (Å²) in [5, 5.41) is 3.87. The van der Waals surface area contributed by atoms with Crippen LogP contribution in [0.5, 0.6) is 0 Å². The lowest BCUT2D eigenvalue weighted by Crippen LogP contribution is -2.40. The van der Waals surface area contributed by atoms with Crippen LogP contribution in [0.2, 0.25) is 0 Å². The minimum Gasteiger partial charge on any atom is -0.329 e. The van der Waals surface area contributed by atoms with Crippen molar-refractivity contribution in [1.82, 2.24) is 4.90 Å². The third-order valence-electron chi connectivity index (χ3n) is 3.92. The van der Waals surface area contributed by atoms with E-state index in [1.54, 1.807) is 22.3 Å². The topological polar surface area (TPSA) is 54.5 Å². The standard InChI is InChI=1S/C15H17NO3S3/c1-11-4-7-21-14(11)9-16(12-5-8-22(18,19)10-12)15(17)13-3-2-6-20-13/h2-4,6-7,12H,5,8-10H2,1H3/t12-/m1/s1. The van der Waals surface area contributed by atoms with Gasteiger partial charge in [-0.05, 0) is 41.8 Å². The molecule has 1 aliphatic heterocycles. The summed E-state index contributed by atoms with van der Waals surface area (Å²) in [7, 11) is -3.02. The van der Waals surface area contributed by atoms with E-state index in [1.807, 2.05) is 29.8 Å². The van der Waals surface area contributed by atoms with Gasteiger partial charge in [0.1, 0.15) is 0 Å². The van der Waals surface area contributed by atoms with Gasteiger partial charge >= 0.3 is 0 Å². The molecule has 0 unspecified atom stereocenters. The van der Waals surface area contributed by atoms with Crippen LogP contribution in [0.4, 0.5) is 0 Å². The van der Waals surface area contributed by atoms with Gasteiger partial charge in [0.2, 0.25) is 0 Å². The van der Waals surface area contributed by atoms with Gasteiger partial charge in [-0.2, -0.15) is 0 Å². The molecule has 7 heteroatoms. The first-order valence-corrected chi connectivity index (χ1v) is 10.6. The highest BCUT2D eigenvalue weighted by Gasteiger charge is 2.35. The lowest BCUT2D eigenvalue weighted by Gasteiger charge is -2.27. The first kappa shape index (κ1) is 15.7. The molecule has 2 aromatic rings. The maximum absolute atomic E-state index is 12.8. The molecule has 0 bridgehead atoms. The molecule has 4 nitrogen and oxygen atoms in total. The van der Waals surface area contributed by atoms with E-state index in [-0.39, 0.29) is 23.5 Å². The highest BCUT2D eigenvalue weighted by atomic mass is 32.2. The van der Waals surface area contributed by atoms with E-state index >= 15 is 0 Å². The van der Waals surface area contributed by atoms with Crippen molar-refractivity contribution in [1.29, 1.82) is 0 Å². The third kappa shape index (κ3) is 3.26. The van der Waals surface area contributed by atoms with Crippen molar-refractivity contribution in [2.24, 2.45) is 0 Å². The van der Waals surface area contributed by atoms with E-state index < -0.39 is 9.84 Å². The van der Waals surface area contributed by atoms with E-state index in [0.29, 0.717) is 17.8 Å². The molecule has 1 atom stereocenters. The average Bonchev–Trinajstić information content (AvgIpc) is 3.17. The number of rotatable bonds is 4. The summed E-state index contributed by atoms with van der Waals surface area (Å²) >= 11 is 3.01. The van der Waals surface area contributed by atoms with Gasteiger partial charge in [0.05, 0.1) is 22.9 Å². The number of hydrogen-bond acceptors (Lipinski definition) is 5. The van der Waals surface area contributed by atoms with Gasteiger partial charge in [-0.3, -0.25) is 4.79 Å². The average molecular weight is 356 g/mol. The molecule has 0 aliphatic carbocycles. The number of carbonyl (C=O) groups excluding carboxylic acids is 1. The zero-order valence-corrected chi connectivity index (χ0v) is 14.6. The van der Waals surface area contributed by atoms with Gasteiger partial charge in [-0.25, -0.2) is 8.42 Å². The molecule has 118 valence electrons. The fourth-order valence-electron chi connectivity index (χ4n) is 2.65. The van der Waals surface area contributed by atoms with E-state index in [4.69, 9.17) is 0 Å². The van der Waals surface area contributed by atoms with Gasteiger partial charge < -0.3 is 4.90 Å². The van der Waals surface area contributed by atoms with Crippen LogP contribution < -0.4 is 0 Å². The summed E-state index contributed by atoms with van der Waals surface area (Å²) in [4.78, 5) is 16.3. The summed E-state index contributed by atoms with van der Waals surface area (Å²) in [5.74, 6) is 0.189.